The standard InChI is InChI=1S/C28H21FN2O4/c1-35-20-12-6-17(7-13-20)26(32)25-23-22(24-21-5-3-2-4-16(21)14-15-30(24)25)27(33)31(28(23)34)19-10-8-18(29)9-11-19/h2-15,22-25H,1H3/t22-,23+,24-,25-/m0/s1. The van der Waals surface area contributed by atoms with Crippen LogP contribution >= 0.6 is 0 Å². The highest BCUT2D eigenvalue weighted by atomic mass is 19.1. The number of Topliss-reactive ketones (excluding diaryl/α,β-unsaturated/α-hetero) is 1. The SMILES string of the molecule is COc1ccc(C(=O)[C@@H]2[C@@H]3C(=O)N(c4ccc(F)cc4)C(=O)[C@@H]3[C@@H]3c4ccccc4C=CN23)cc1. The lowest BCUT2D eigenvalue weighted by Crippen LogP contribution is -2.44. The summed E-state index contributed by atoms with van der Waals surface area (Å²) in [6.07, 6.45) is 3.73. The molecule has 0 radical (unpaired) electrons. The van der Waals surface area contributed by atoms with E-state index in [0.717, 1.165) is 16.0 Å². The number of anilines is 1. The number of halogens is 1. The molecule has 7 heteroatoms. The average molecular weight is 468 g/mol. The highest BCUT2D eigenvalue weighted by molar-refractivity contribution is 6.24. The van der Waals surface area contributed by atoms with Crippen molar-refractivity contribution in [2.75, 3.05) is 12.0 Å². The number of amides is 2. The van der Waals surface area contributed by atoms with Crippen molar-refractivity contribution < 1.29 is 23.5 Å². The predicted molar refractivity (Wildman–Crippen MR) is 127 cm³/mol. The van der Waals surface area contributed by atoms with E-state index in [9.17, 15) is 18.8 Å². The number of carbonyl (C=O) groups excluding carboxylic acids is 3. The van der Waals surface area contributed by atoms with Gasteiger partial charge in [-0.25, -0.2) is 9.29 Å². The van der Waals surface area contributed by atoms with Gasteiger partial charge in [-0.3, -0.25) is 14.4 Å². The smallest absolute Gasteiger partial charge is 0.240 e. The monoisotopic (exact) mass is 468 g/mol. The van der Waals surface area contributed by atoms with Gasteiger partial charge in [0.2, 0.25) is 11.8 Å². The molecule has 0 aromatic heterocycles. The molecular weight excluding hydrogens is 447 g/mol. The first-order valence-corrected chi connectivity index (χ1v) is 11.4. The molecule has 0 unspecified atom stereocenters. The third-order valence-electron chi connectivity index (χ3n) is 7.19. The van der Waals surface area contributed by atoms with Crippen molar-refractivity contribution in [3.8, 4) is 5.75 Å². The molecule has 3 aromatic rings. The van der Waals surface area contributed by atoms with Crippen LogP contribution in [0, 0.1) is 17.7 Å². The van der Waals surface area contributed by atoms with Gasteiger partial charge in [-0.2, -0.15) is 0 Å². The van der Waals surface area contributed by atoms with Gasteiger partial charge in [0.05, 0.1) is 30.7 Å². The molecule has 35 heavy (non-hydrogen) atoms. The Hall–Kier alpha value is -4.26. The van der Waals surface area contributed by atoms with Crippen molar-refractivity contribution in [2.45, 2.75) is 12.1 Å². The second-order valence-corrected chi connectivity index (χ2v) is 8.91. The summed E-state index contributed by atoms with van der Waals surface area (Å²) < 4.78 is 18.7. The maximum Gasteiger partial charge on any atom is 0.240 e. The molecule has 0 saturated carbocycles. The molecule has 0 bridgehead atoms. The summed E-state index contributed by atoms with van der Waals surface area (Å²) in [6.45, 7) is 0. The molecule has 0 N–H and O–H groups in total. The van der Waals surface area contributed by atoms with E-state index in [1.807, 2.05) is 41.4 Å². The highest BCUT2D eigenvalue weighted by Crippen LogP contribution is 2.53. The maximum absolute atomic E-state index is 13.8. The molecule has 6 nitrogen and oxygen atoms in total. The normalized spacial score (nSPS) is 24.3. The Balaban J connectivity index is 1.47. The Kier molecular flexibility index (Phi) is 4.81. The Labute approximate surface area is 201 Å². The van der Waals surface area contributed by atoms with Crippen molar-refractivity contribution in [1.82, 2.24) is 4.90 Å². The quantitative estimate of drug-likeness (QED) is 0.424. The Bertz CT molecular complexity index is 1380. The van der Waals surface area contributed by atoms with E-state index in [1.54, 1.807) is 31.4 Å². The summed E-state index contributed by atoms with van der Waals surface area (Å²) in [5.41, 5.74) is 2.59. The van der Waals surface area contributed by atoms with Gasteiger partial charge in [0, 0.05) is 11.8 Å². The zero-order chi connectivity index (χ0) is 24.3. The van der Waals surface area contributed by atoms with E-state index in [-0.39, 0.29) is 11.7 Å². The van der Waals surface area contributed by atoms with Crippen LogP contribution in [-0.4, -0.2) is 35.6 Å². The summed E-state index contributed by atoms with van der Waals surface area (Å²) in [4.78, 5) is 44.4. The number of imide groups is 1. The second kappa shape index (κ2) is 7.91. The number of ketones is 1. The molecule has 3 aromatic carbocycles. The molecule has 3 heterocycles. The van der Waals surface area contributed by atoms with Crippen LogP contribution in [0.15, 0.2) is 79.0 Å². The highest BCUT2D eigenvalue weighted by Gasteiger charge is 2.64. The number of methoxy groups -OCH3 is 1. The van der Waals surface area contributed by atoms with Gasteiger partial charge < -0.3 is 9.64 Å². The Morgan fingerprint density at radius 1 is 0.886 bits per heavy atom. The number of benzene rings is 3. The second-order valence-electron chi connectivity index (χ2n) is 8.91. The summed E-state index contributed by atoms with van der Waals surface area (Å²) >= 11 is 0. The van der Waals surface area contributed by atoms with Gasteiger partial charge in [-0.15, -0.1) is 0 Å². The summed E-state index contributed by atoms with van der Waals surface area (Å²) in [6, 6.07) is 18.4. The van der Waals surface area contributed by atoms with E-state index in [4.69, 9.17) is 4.74 Å². The largest absolute Gasteiger partial charge is 0.497 e. The van der Waals surface area contributed by atoms with Crippen LogP contribution in [0.1, 0.15) is 27.5 Å². The molecule has 3 aliphatic heterocycles. The fourth-order valence-electron chi connectivity index (χ4n) is 5.63. The van der Waals surface area contributed by atoms with E-state index >= 15 is 0 Å². The number of carbonyl (C=O) groups is 3. The van der Waals surface area contributed by atoms with Crippen molar-refractivity contribution in [3.63, 3.8) is 0 Å². The van der Waals surface area contributed by atoms with Gasteiger partial charge in [-0.05, 0) is 65.7 Å². The first-order valence-electron chi connectivity index (χ1n) is 11.4. The molecule has 6 rings (SSSR count). The van der Waals surface area contributed by atoms with Gasteiger partial charge in [0.15, 0.2) is 5.78 Å². The number of nitrogens with zero attached hydrogens (tertiary/aromatic N) is 2. The minimum Gasteiger partial charge on any atom is -0.497 e. The molecule has 2 saturated heterocycles. The number of ether oxygens (including phenoxy) is 1. The first kappa shape index (κ1) is 21.3. The van der Waals surface area contributed by atoms with Crippen LogP contribution in [0.25, 0.3) is 6.08 Å². The lowest BCUT2D eigenvalue weighted by atomic mass is 9.83. The predicted octanol–water partition coefficient (Wildman–Crippen LogP) is 4.23. The van der Waals surface area contributed by atoms with E-state index in [1.165, 1.54) is 24.3 Å². The third-order valence-corrected chi connectivity index (χ3v) is 7.19. The molecule has 2 fully saturated rings. The summed E-state index contributed by atoms with van der Waals surface area (Å²) in [5.74, 6) is -2.52. The first-order chi connectivity index (χ1) is 17.0. The summed E-state index contributed by atoms with van der Waals surface area (Å²) in [5, 5.41) is 0. The average Bonchev–Trinajstić information content (AvgIpc) is 3.37. The van der Waals surface area contributed by atoms with Gasteiger partial charge in [-0.1, -0.05) is 24.3 Å². The van der Waals surface area contributed by atoms with Crippen LogP contribution < -0.4 is 9.64 Å². The Morgan fingerprint density at radius 2 is 1.57 bits per heavy atom. The molecular formula is C28H21FN2O4. The van der Waals surface area contributed by atoms with Gasteiger partial charge in [0.25, 0.3) is 0 Å². The van der Waals surface area contributed by atoms with Crippen molar-refractivity contribution in [2.24, 2.45) is 11.8 Å². The third kappa shape index (κ3) is 3.11. The van der Waals surface area contributed by atoms with Crippen LogP contribution in [0.5, 0.6) is 5.75 Å². The minimum atomic E-state index is -0.872. The zero-order valence-electron chi connectivity index (χ0n) is 18.8. The van der Waals surface area contributed by atoms with E-state index in [0.29, 0.717) is 17.0 Å². The van der Waals surface area contributed by atoms with Crippen molar-refractivity contribution >= 4 is 29.4 Å². The number of fused-ring (bicyclic) bond motifs is 5. The molecule has 4 atom stereocenters. The van der Waals surface area contributed by atoms with Crippen LogP contribution in [0.2, 0.25) is 0 Å². The molecule has 0 aliphatic carbocycles. The number of hydrogen-bond acceptors (Lipinski definition) is 5. The van der Waals surface area contributed by atoms with Gasteiger partial charge >= 0.3 is 0 Å². The van der Waals surface area contributed by atoms with Crippen LogP contribution in [0.3, 0.4) is 0 Å². The number of hydrogen-bond donors (Lipinski definition) is 0. The Morgan fingerprint density at radius 3 is 2.29 bits per heavy atom. The zero-order valence-corrected chi connectivity index (χ0v) is 18.8. The lowest BCUT2D eigenvalue weighted by molar-refractivity contribution is -0.123. The molecule has 0 spiro atoms. The van der Waals surface area contributed by atoms with Crippen LogP contribution in [0.4, 0.5) is 10.1 Å². The van der Waals surface area contributed by atoms with Crippen molar-refractivity contribution in [3.05, 3.63) is 102 Å². The minimum absolute atomic E-state index is 0.240. The number of rotatable bonds is 4. The molecule has 2 amide bonds. The fraction of sp³-hybridized carbons (Fsp3) is 0.179. The lowest BCUT2D eigenvalue weighted by Gasteiger charge is -2.35. The maximum atomic E-state index is 13.8. The fourth-order valence-corrected chi connectivity index (χ4v) is 5.63. The van der Waals surface area contributed by atoms with Crippen LogP contribution in [-0.2, 0) is 9.59 Å². The topological polar surface area (TPSA) is 66.9 Å². The molecule has 3 aliphatic rings. The summed E-state index contributed by atoms with van der Waals surface area (Å²) in [7, 11) is 1.55. The van der Waals surface area contributed by atoms with Crippen molar-refractivity contribution in [1.29, 1.82) is 0 Å². The van der Waals surface area contributed by atoms with E-state index in [2.05, 4.69) is 0 Å². The molecule has 174 valence electrons. The van der Waals surface area contributed by atoms with Gasteiger partial charge in [0.1, 0.15) is 17.6 Å². The van der Waals surface area contributed by atoms with E-state index < -0.39 is 35.6 Å².